The fraction of sp³-hybridized carbons (Fsp3) is 0.438. The fourth-order valence-corrected chi connectivity index (χ4v) is 3.20. The van der Waals surface area contributed by atoms with E-state index < -0.39 is 5.97 Å². The molecule has 5 nitrogen and oxygen atoms in total. The Hall–Kier alpha value is -1.56. The molecule has 1 fully saturated rings. The van der Waals surface area contributed by atoms with Crippen LogP contribution in [0.5, 0.6) is 0 Å². The Balaban J connectivity index is 1.83. The Morgan fingerprint density at radius 1 is 1.32 bits per heavy atom. The van der Waals surface area contributed by atoms with Crippen LogP contribution in [0.2, 0.25) is 5.02 Å². The van der Waals surface area contributed by atoms with Gasteiger partial charge in [0.25, 0.3) is 0 Å². The molecule has 0 aliphatic carbocycles. The highest BCUT2D eigenvalue weighted by Crippen LogP contribution is 2.25. The number of hydrogen-bond donors (Lipinski definition) is 2. The molecule has 1 aromatic carbocycles. The van der Waals surface area contributed by atoms with Crippen LogP contribution in [-0.4, -0.2) is 53.3 Å². The summed E-state index contributed by atoms with van der Waals surface area (Å²) in [6.45, 7) is 5.17. The molecule has 0 radical (unpaired) electrons. The highest BCUT2D eigenvalue weighted by atomic mass is 35.5. The quantitative estimate of drug-likeness (QED) is 0.882. The first-order valence-corrected chi connectivity index (χ1v) is 7.93. The van der Waals surface area contributed by atoms with Gasteiger partial charge in [0.05, 0.1) is 5.52 Å². The zero-order valence-corrected chi connectivity index (χ0v) is 13.1. The van der Waals surface area contributed by atoms with Crippen molar-refractivity contribution in [2.45, 2.75) is 13.0 Å². The molecule has 1 aliphatic rings. The minimum atomic E-state index is -0.842. The van der Waals surface area contributed by atoms with Crippen LogP contribution in [0.15, 0.2) is 24.4 Å². The maximum Gasteiger partial charge on any atom is 0.323 e. The predicted octanol–water partition coefficient (Wildman–Crippen LogP) is 1.83. The first-order chi connectivity index (χ1) is 10.6. The molecule has 1 aromatic heterocycles. The molecule has 2 heterocycles. The minimum absolute atomic E-state index is 0.0372. The molecule has 2 aromatic rings. The van der Waals surface area contributed by atoms with Gasteiger partial charge in [-0.1, -0.05) is 17.7 Å². The molecule has 0 saturated carbocycles. The Bertz CT molecular complexity index is 677. The molecule has 22 heavy (non-hydrogen) atoms. The van der Waals surface area contributed by atoms with Gasteiger partial charge in [-0.05, 0) is 24.1 Å². The first kappa shape index (κ1) is 15.3. The van der Waals surface area contributed by atoms with Gasteiger partial charge < -0.3 is 19.9 Å². The lowest BCUT2D eigenvalue weighted by atomic mass is 10.1. The average Bonchev–Trinajstić information content (AvgIpc) is 2.83. The van der Waals surface area contributed by atoms with Gasteiger partial charge in [0, 0.05) is 49.3 Å². The molecule has 6 heteroatoms. The summed E-state index contributed by atoms with van der Waals surface area (Å²) in [5, 5.41) is 14.1. The lowest BCUT2D eigenvalue weighted by molar-refractivity contribution is -0.137. The number of piperazine rings is 1. The minimum Gasteiger partial charge on any atom is -0.480 e. The normalized spacial score (nSPS) is 16.2. The molecule has 118 valence electrons. The number of benzene rings is 1. The number of hydrogen-bond acceptors (Lipinski definition) is 3. The smallest absolute Gasteiger partial charge is 0.323 e. The number of aromatic nitrogens is 1. The zero-order chi connectivity index (χ0) is 15.5. The van der Waals surface area contributed by atoms with E-state index in [0.717, 1.165) is 50.0 Å². The monoisotopic (exact) mass is 321 g/mol. The molecule has 1 aliphatic heterocycles. The Labute approximate surface area is 134 Å². The molecule has 3 rings (SSSR count). The summed E-state index contributed by atoms with van der Waals surface area (Å²) in [6, 6.07) is 5.70. The van der Waals surface area contributed by atoms with Crippen LogP contribution in [-0.2, 0) is 17.8 Å². The number of carboxylic acid groups (broad SMARTS) is 1. The maximum absolute atomic E-state index is 11.0. The van der Waals surface area contributed by atoms with E-state index in [9.17, 15) is 4.79 Å². The third kappa shape index (κ3) is 3.43. The molecule has 0 spiro atoms. The van der Waals surface area contributed by atoms with Crippen LogP contribution in [0, 0.1) is 0 Å². The van der Waals surface area contributed by atoms with Crippen LogP contribution in [0.4, 0.5) is 0 Å². The molecular formula is C16H20ClN3O2. The van der Waals surface area contributed by atoms with Crippen molar-refractivity contribution >= 4 is 28.5 Å². The predicted molar refractivity (Wildman–Crippen MR) is 87.6 cm³/mol. The third-order valence-corrected chi connectivity index (χ3v) is 4.37. The Morgan fingerprint density at radius 2 is 2.09 bits per heavy atom. The second kappa shape index (κ2) is 6.69. The first-order valence-electron chi connectivity index (χ1n) is 7.55. The summed E-state index contributed by atoms with van der Waals surface area (Å²) < 4.78 is 1.77. The van der Waals surface area contributed by atoms with Crippen molar-refractivity contribution in [2.24, 2.45) is 0 Å². The van der Waals surface area contributed by atoms with E-state index >= 15 is 0 Å². The van der Waals surface area contributed by atoms with Crippen LogP contribution >= 0.6 is 11.6 Å². The number of nitrogens with zero attached hydrogens (tertiary/aromatic N) is 2. The molecule has 0 bridgehead atoms. The van der Waals surface area contributed by atoms with Gasteiger partial charge in [-0.3, -0.25) is 4.79 Å². The van der Waals surface area contributed by atoms with E-state index in [4.69, 9.17) is 16.7 Å². The van der Waals surface area contributed by atoms with Gasteiger partial charge in [0.15, 0.2) is 0 Å². The van der Waals surface area contributed by atoms with Crippen molar-refractivity contribution in [1.29, 1.82) is 0 Å². The SMILES string of the molecule is O=C(O)Cn1cc(CCN2CCNCC2)c2ccc(Cl)cc21. The molecule has 0 atom stereocenters. The van der Waals surface area contributed by atoms with E-state index in [2.05, 4.69) is 10.2 Å². The lowest BCUT2D eigenvalue weighted by Crippen LogP contribution is -2.44. The van der Waals surface area contributed by atoms with Crippen molar-refractivity contribution in [1.82, 2.24) is 14.8 Å². The number of aliphatic carboxylic acids is 1. The van der Waals surface area contributed by atoms with E-state index in [1.165, 1.54) is 5.56 Å². The maximum atomic E-state index is 11.0. The second-order valence-electron chi connectivity index (χ2n) is 5.68. The summed E-state index contributed by atoms with van der Waals surface area (Å²) in [5.74, 6) is -0.842. The van der Waals surface area contributed by atoms with Gasteiger partial charge in [-0.2, -0.15) is 0 Å². The molecule has 0 unspecified atom stereocenters. The molecule has 2 N–H and O–H groups in total. The van der Waals surface area contributed by atoms with Crippen molar-refractivity contribution < 1.29 is 9.90 Å². The fourth-order valence-electron chi connectivity index (χ4n) is 3.03. The summed E-state index contributed by atoms with van der Waals surface area (Å²) in [6.07, 6.45) is 2.88. The second-order valence-corrected chi connectivity index (χ2v) is 6.12. The standard InChI is InChI=1S/C16H20ClN3O2/c17-13-1-2-14-12(3-6-19-7-4-18-5-8-19)10-20(11-16(21)22)15(14)9-13/h1-2,9-10,18H,3-8,11H2,(H,21,22). The zero-order valence-electron chi connectivity index (χ0n) is 12.4. The Kier molecular flexibility index (Phi) is 4.66. The summed E-state index contributed by atoms with van der Waals surface area (Å²) in [4.78, 5) is 13.5. The molecular weight excluding hydrogens is 302 g/mol. The van der Waals surface area contributed by atoms with E-state index in [-0.39, 0.29) is 6.54 Å². The largest absolute Gasteiger partial charge is 0.480 e. The van der Waals surface area contributed by atoms with Crippen molar-refractivity contribution in [2.75, 3.05) is 32.7 Å². The van der Waals surface area contributed by atoms with Crippen molar-refractivity contribution in [3.8, 4) is 0 Å². The van der Waals surface area contributed by atoms with Gasteiger partial charge in [-0.25, -0.2) is 0 Å². The number of carboxylic acids is 1. The van der Waals surface area contributed by atoms with Crippen LogP contribution in [0.1, 0.15) is 5.56 Å². The van der Waals surface area contributed by atoms with Gasteiger partial charge >= 0.3 is 5.97 Å². The molecule has 1 saturated heterocycles. The third-order valence-electron chi connectivity index (χ3n) is 4.14. The highest BCUT2D eigenvalue weighted by molar-refractivity contribution is 6.31. The van der Waals surface area contributed by atoms with Crippen LogP contribution < -0.4 is 5.32 Å². The number of rotatable bonds is 5. The van der Waals surface area contributed by atoms with E-state index in [1.807, 2.05) is 24.4 Å². The summed E-state index contributed by atoms with van der Waals surface area (Å²) >= 11 is 6.06. The van der Waals surface area contributed by atoms with E-state index in [1.54, 1.807) is 4.57 Å². The van der Waals surface area contributed by atoms with Gasteiger partial charge in [0.1, 0.15) is 6.54 Å². The van der Waals surface area contributed by atoms with Gasteiger partial charge in [-0.15, -0.1) is 0 Å². The van der Waals surface area contributed by atoms with Gasteiger partial charge in [0.2, 0.25) is 0 Å². The van der Waals surface area contributed by atoms with Crippen LogP contribution in [0.3, 0.4) is 0 Å². The number of nitrogens with one attached hydrogen (secondary N) is 1. The summed E-state index contributed by atoms with van der Waals surface area (Å²) in [5.41, 5.74) is 2.08. The number of halogens is 1. The topological polar surface area (TPSA) is 57.5 Å². The van der Waals surface area contributed by atoms with E-state index in [0.29, 0.717) is 5.02 Å². The van der Waals surface area contributed by atoms with Crippen molar-refractivity contribution in [3.05, 3.63) is 35.0 Å². The number of carbonyl (C=O) groups is 1. The Morgan fingerprint density at radius 3 is 2.82 bits per heavy atom. The summed E-state index contributed by atoms with van der Waals surface area (Å²) in [7, 11) is 0. The van der Waals surface area contributed by atoms with Crippen LogP contribution in [0.25, 0.3) is 10.9 Å². The average molecular weight is 322 g/mol. The highest BCUT2D eigenvalue weighted by Gasteiger charge is 2.14. The molecule has 0 amide bonds. The van der Waals surface area contributed by atoms with Crippen molar-refractivity contribution in [3.63, 3.8) is 0 Å². The number of fused-ring (bicyclic) bond motifs is 1. The lowest BCUT2D eigenvalue weighted by Gasteiger charge is -2.26.